The molecule has 2 heterocycles. The van der Waals surface area contributed by atoms with Gasteiger partial charge in [0.1, 0.15) is 61.5 Å². The Kier molecular flexibility index (Phi) is 15.1. The lowest BCUT2D eigenvalue weighted by Crippen LogP contribution is -2.64. The van der Waals surface area contributed by atoms with Gasteiger partial charge in [-0.15, -0.1) is 0 Å². The predicted octanol–water partition coefficient (Wildman–Crippen LogP) is -0.778. The summed E-state index contributed by atoms with van der Waals surface area (Å²) >= 11 is 0. The molecule has 20 heteroatoms. The lowest BCUT2D eigenvalue weighted by atomic mass is 9.97. The van der Waals surface area contributed by atoms with E-state index >= 15 is 0 Å². The summed E-state index contributed by atoms with van der Waals surface area (Å²) in [6, 6.07) is 14.6. The Morgan fingerprint density at radius 1 is 0.818 bits per heavy atom. The lowest BCUT2D eigenvalue weighted by molar-refractivity contribution is -0.367. The summed E-state index contributed by atoms with van der Waals surface area (Å²) < 4.78 is 50.0. The maximum Gasteiger partial charge on any atom is 0.472 e. The largest absolute Gasteiger partial charge is 0.472 e. The maximum atomic E-state index is 12.6. The molecule has 12 atom stereocenters. The van der Waals surface area contributed by atoms with E-state index < -0.39 is 107 Å². The van der Waals surface area contributed by atoms with E-state index in [1.807, 2.05) is 48.5 Å². The molecule has 9 N–H and O–H groups in total. The van der Waals surface area contributed by atoms with E-state index in [1.54, 1.807) is 6.92 Å². The van der Waals surface area contributed by atoms with Crippen LogP contribution in [0.2, 0.25) is 0 Å². The number of benzene rings is 2. The van der Waals surface area contributed by atoms with Gasteiger partial charge in [-0.25, -0.2) is 9.36 Å². The van der Waals surface area contributed by atoms with Crippen molar-refractivity contribution in [1.29, 1.82) is 0 Å². The van der Waals surface area contributed by atoms with Crippen molar-refractivity contribution in [2.24, 2.45) is 0 Å². The molecular weight excluding hydrogens is 751 g/mol. The predicted molar refractivity (Wildman–Crippen MR) is 188 cm³/mol. The SMILES string of the molecule is CCCO[C@H]1O[C@H](CO)[C@@H](O)[C@H](O)[C@@H]1O[C@H]1O[C@H](COP(=O)(O)OCCNC(=O)[C@H](C)NC(=O)OCC2c3ccccc3-c3ccccc32)[C@@H](O)[C@H](O)[C@@H]1O. The van der Waals surface area contributed by atoms with Crippen molar-refractivity contribution in [3.63, 3.8) is 0 Å². The lowest BCUT2D eigenvalue weighted by Gasteiger charge is -2.46. The van der Waals surface area contributed by atoms with E-state index in [9.17, 15) is 49.7 Å². The Hall–Kier alpha value is -3.11. The van der Waals surface area contributed by atoms with Gasteiger partial charge in [0, 0.05) is 19.1 Å². The van der Waals surface area contributed by atoms with Gasteiger partial charge in [-0.1, -0.05) is 55.5 Å². The molecule has 1 aliphatic carbocycles. The zero-order chi connectivity index (χ0) is 39.9. The maximum absolute atomic E-state index is 12.6. The summed E-state index contributed by atoms with van der Waals surface area (Å²) in [6.45, 7) is 1.08. The summed E-state index contributed by atoms with van der Waals surface area (Å²) in [5.74, 6) is -0.811. The summed E-state index contributed by atoms with van der Waals surface area (Å²) in [5.41, 5.74) is 4.19. The minimum Gasteiger partial charge on any atom is -0.449 e. The van der Waals surface area contributed by atoms with Gasteiger partial charge in [-0.05, 0) is 35.6 Å². The van der Waals surface area contributed by atoms with Crippen LogP contribution in [0, 0.1) is 0 Å². The topological polar surface area (TPSA) is 281 Å². The first-order valence-electron chi connectivity index (χ1n) is 17.9. The third-order valence-electron chi connectivity index (χ3n) is 9.40. The standard InChI is InChI=1S/C35H49N2O17P/c1-3-13-48-34-31(29(42)26(39)24(15-38)52-34)54-33-30(43)28(41)27(40)25(53-33)17-51-55(46,47)50-14-12-36-32(44)18(2)37-35(45)49-16-23-21-10-6-4-8-19(21)20-9-5-7-11-22(20)23/h4-11,18,23-31,33-34,38-43H,3,12-17H2,1-2H3,(H,36,44)(H,37,45)(H,46,47)/t18-,24+,25+,26+,27+,28-,29-,30-,31-,33+,34-/m0/s1. The smallest absolute Gasteiger partial charge is 0.449 e. The number of fused-ring (bicyclic) bond motifs is 3. The normalized spacial score (nSPS) is 30.8. The van der Waals surface area contributed by atoms with Crippen LogP contribution in [0.4, 0.5) is 4.79 Å². The van der Waals surface area contributed by atoms with Crippen molar-refractivity contribution >= 4 is 19.8 Å². The van der Waals surface area contributed by atoms with Crippen LogP contribution in [0.3, 0.4) is 0 Å². The molecule has 0 aromatic heterocycles. The second-order valence-electron chi connectivity index (χ2n) is 13.3. The molecule has 55 heavy (non-hydrogen) atoms. The van der Waals surface area contributed by atoms with Gasteiger partial charge in [-0.2, -0.15) is 0 Å². The van der Waals surface area contributed by atoms with Gasteiger partial charge in [0.15, 0.2) is 12.6 Å². The second kappa shape index (κ2) is 19.4. The van der Waals surface area contributed by atoms with Crippen molar-refractivity contribution in [2.75, 3.05) is 39.6 Å². The van der Waals surface area contributed by atoms with Crippen molar-refractivity contribution in [3.8, 4) is 11.1 Å². The number of phosphoric ester groups is 1. The van der Waals surface area contributed by atoms with E-state index in [0.29, 0.717) is 6.42 Å². The Bertz CT molecular complexity index is 1590. The molecule has 0 radical (unpaired) electrons. The van der Waals surface area contributed by atoms with Gasteiger partial charge in [0.2, 0.25) is 5.91 Å². The molecule has 2 aromatic rings. The fourth-order valence-electron chi connectivity index (χ4n) is 6.47. The van der Waals surface area contributed by atoms with Crippen LogP contribution in [0.1, 0.15) is 37.3 Å². The molecule has 0 spiro atoms. The molecule has 306 valence electrons. The highest BCUT2D eigenvalue weighted by molar-refractivity contribution is 7.47. The minimum atomic E-state index is -4.85. The number of ether oxygens (including phenoxy) is 5. The average Bonchev–Trinajstić information content (AvgIpc) is 3.50. The number of hydrogen-bond acceptors (Lipinski definition) is 16. The van der Waals surface area contributed by atoms with Crippen molar-refractivity contribution in [1.82, 2.24) is 10.6 Å². The van der Waals surface area contributed by atoms with Crippen LogP contribution >= 0.6 is 7.82 Å². The minimum absolute atomic E-state index is 0.0486. The Labute approximate surface area is 316 Å². The zero-order valence-corrected chi connectivity index (χ0v) is 31.1. The van der Waals surface area contributed by atoms with Gasteiger partial charge < -0.3 is 69.9 Å². The van der Waals surface area contributed by atoms with Gasteiger partial charge in [0.05, 0.1) is 19.8 Å². The van der Waals surface area contributed by atoms with E-state index in [-0.39, 0.29) is 25.7 Å². The molecule has 3 aliphatic rings. The van der Waals surface area contributed by atoms with Crippen molar-refractivity contribution in [3.05, 3.63) is 59.7 Å². The molecule has 2 aromatic carbocycles. The number of nitrogens with one attached hydrogen (secondary N) is 2. The van der Waals surface area contributed by atoms with Crippen LogP contribution in [-0.4, -0.2) is 155 Å². The average molecular weight is 801 g/mol. The summed E-state index contributed by atoms with van der Waals surface area (Å²) in [5, 5.41) is 66.9. The molecule has 2 fully saturated rings. The first-order valence-corrected chi connectivity index (χ1v) is 19.4. The van der Waals surface area contributed by atoms with Crippen LogP contribution in [0.5, 0.6) is 0 Å². The molecular formula is C35H49N2O17P. The van der Waals surface area contributed by atoms with Crippen LogP contribution in [0.15, 0.2) is 48.5 Å². The third-order valence-corrected chi connectivity index (χ3v) is 10.4. The number of carbonyl (C=O) groups is 2. The quantitative estimate of drug-likeness (QED) is 0.0701. The van der Waals surface area contributed by atoms with Crippen LogP contribution in [-0.2, 0) is 42.1 Å². The molecule has 0 bridgehead atoms. The number of hydrogen-bond donors (Lipinski definition) is 9. The van der Waals surface area contributed by atoms with Gasteiger partial charge >= 0.3 is 13.9 Å². The van der Waals surface area contributed by atoms with Gasteiger partial charge in [0.25, 0.3) is 0 Å². The summed E-state index contributed by atoms with van der Waals surface area (Å²) in [4.78, 5) is 35.3. The highest BCUT2D eigenvalue weighted by atomic mass is 31.2. The van der Waals surface area contributed by atoms with Crippen LogP contribution < -0.4 is 10.6 Å². The molecule has 2 amide bonds. The Morgan fingerprint density at radius 2 is 1.44 bits per heavy atom. The summed E-state index contributed by atoms with van der Waals surface area (Å²) in [6.07, 6.45) is -16.7. The first kappa shape index (κ1) is 43.0. The molecule has 19 nitrogen and oxygen atoms in total. The number of alkyl carbamates (subject to hydrolysis) is 1. The fourth-order valence-corrected chi connectivity index (χ4v) is 7.20. The van der Waals surface area contributed by atoms with E-state index in [0.717, 1.165) is 22.3 Å². The zero-order valence-electron chi connectivity index (χ0n) is 30.2. The van der Waals surface area contributed by atoms with E-state index in [2.05, 4.69) is 10.6 Å². The third kappa shape index (κ3) is 10.4. The molecule has 5 rings (SSSR count). The number of carbonyl (C=O) groups excluding carboxylic acids is 2. The Balaban J connectivity index is 1.04. The van der Waals surface area contributed by atoms with Gasteiger partial charge in [-0.3, -0.25) is 13.8 Å². The number of aliphatic hydroxyl groups excluding tert-OH is 6. The molecule has 2 aliphatic heterocycles. The van der Waals surface area contributed by atoms with Crippen molar-refractivity contribution in [2.45, 2.75) is 93.6 Å². The van der Waals surface area contributed by atoms with Crippen LogP contribution in [0.25, 0.3) is 11.1 Å². The second-order valence-corrected chi connectivity index (χ2v) is 14.7. The van der Waals surface area contributed by atoms with Crippen molar-refractivity contribution < 1.29 is 82.4 Å². The van der Waals surface area contributed by atoms with E-state index in [1.165, 1.54) is 6.92 Å². The highest BCUT2D eigenvalue weighted by Crippen LogP contribution is 2.45. The number of amides is 2. The van der Waals surface area contributed by atoms with E-state index in [4.69, 9.17) is 32.7 Å². The molecule has 2 saturated heterocycles. The molecule has 0 saturated carbocycles. The number of phosphoric acid groups is 1. The number of aliphatic hydroxyl groups is 6. The summed E-state index contributed by atoms with van der Waals surface area (Å²) in [7, 11) is -4.85. The highest BCUT2D eigenvalue weighted by Gasteiger charge is 2.51. The monoisotopic (exact) mass is 800 g/mol. The first-order chi connectivity index (χ1) is 26.3. The number of rotatable bonds is 17. The Morgan fingerprint density at radius 3 is 2.07 bits per heavy atom. The molecule has 1 unspecified atom stereocenters. The fraction of sp³-hybridized carbons (Fsp3) is 0.600.